The quantitative estimate of drug-likeness (QED) is 0.326. The average molecular weight is 216 g/mol. The molecule has 88 valence electrons. The first-order valence-corrected chi connectivity index (χ1v) is 4.93. The highest BCUT2D eigenvalue weighted by molar-refractivity contribution is 5.83. The summed E-state index contributed by atoms with van der Waals surface area (Å²) in [6.45, 7) is 8.80. The lowest BCUT2D eigenvalue weighted by atomic mass is 9.86. The summed E-state index contributed by atoms with van der Waals surface area (Å²) in [7, 11) is 0. The topological polar surface area (TPSA) is 72.6 Å². The smallest absolute Gasteiger partial charge is 0.331 e. The monoisotopic (exact) mass is 216 g/mol. The molecule has 0 aromatic heterocycles. The van der Waals surface area contributed by atoms with Crippen LogP contribution in [0.4, 0.5) is 0 Å². The summed E-state index contributed by atoms with van der Waals surface area (Å²) in [6.07, 6.45) is 0. The Hall–Kier alpha value is -1.10. The van der Waals surface area contributed by atoms with Gasteiger partial charge in [-0.25, -0.2) is 10.6 Å². The molecule has 15 heavy (non-hydrogen) atoms. The Morgan fingerprint density at radius 1 is 1.40 bits per heavy atom. The summed E-state index contributed by atoms with van der Waals surface area (Å²) in [6, 6.07) is -0.755. The fourth-order valence-corrected chi connectivity index (χ4v) is 1.29. The third-order valence-electron chi connectivity index (χ3n) is 1.97. The molecule has 0 heterocycles. The molecule has 2 N–H and O–H groups in total. The first kappa shape index (κ1) is 13.9. The molecule has 0 aromatic carbocycles. The van der Waals surface area contributed by atoms with Gasteiger partial charge in [0.2, 0.25) is 5.91 Å². The molecule has 5 nitrogen and oxygen atoms in total. The van der Waals surface area contributed by atoms with Gasteiger partial charge in [0.1, 0.15) is 6.04 Å². The van der Waals surface area contributed by atoms with E-state index in [1.165, 1.54) is 6.92 Å². The van der Waals surface area contributed by atoms with Crippen molar-refractivity contribution in [2.24, 2.45) is 11.3 Å². The summed E-state index contributed by atoms with van der Waals surface area (Å²) in [5, 5.41) is 0.929. The van der Waals surface area contributed by atoms with Crippen molar-refractivity contribution in [3.8, 4) is 0 Å². The second kappa shape index (κ2) is 5.11. The van der Waals surface area contributed by atoms with Crippen LogP contribution >= 0.6 is 0 Å². The molecular formula is C10H20N2O3. The summed E-state index contributed by atoms with van der Waals surface area (Å²) in [5.41, 5.74) is -0.452. The lowest BCUT2D eigenvalue weighted by molar-refractivity contribution is -0.159. The van der Waals surface area contributed by atoms with Crippen molar-refractivity contribution in [3.05, 3.63) is 0 Å². The number of nitrogens with two attached hydrogens (primary N) is 1. The SMILES string of the molecule is CCOC(=O)C(N(N)C(C)=O)C(C)(C)C. The van der Waals surface area contributed by atoms with Crippen LogP contribution in [0.1, 0.15) is 34.6 Å². The van der Waals surface area contributed by atoms with Crippen LogP contribution in [0.5, 0.6) is 0 Å². The van der Waals surface area contributed by atoms with Crippen molar-refractivity contribution >= 4 is 11.9 Å². The largest absolute Gasteiger partial charge is 0.464 e. The summed E-state index contributed by atoms with van der Waals surface area (Å²) in [4.78, 5) is 22.8. The predicted molar refractivity (Wildman–Crippen MR) is 56.6 cm³/mol. The minimum atomic E-state index is -0.755. The van der Waals surface area contributed by atoms with Crippen molar-refractivity contribution in [3.63, 3.8) is 0 Å². The van der Waals surface area contributed by atoms with Crippen LogP contribution in [0.2, 0.25) is 0 Å². The highest BCUT2D eigenvalue weighted by atomic mass is 16.5. The van der Waals surface area contributed by atoms with Crippen LogP contribution < -0.4 is 5.84 Å². The maximum absolute atomic E-state index is 11.6. The van der Waals surface area contributed by atoms with Gasteiger partial charge in [0.15, 0.2) is 0 Å². The van der Waals surface area contributed by atoms with E-state index in [1.54, 1.807) is 6.92 Å². The van der Waals surface area contributed by atoms with Crippen molar-refractivity contribution in [2.45, 2.75) is 40.7 Å². The number of hydrazine groups is 1. The number of hydrogen-bond donors (Lipinski definition) is 1. The van der Waals surface area contributed by atoms with Gasteiger partial charge in [-0.05, 0) is 12.3 Å². The van der Waals surface area contributed by atoms with Gasteiger partial charge in [-0.1, -0.05) is 20.8 Å². The third-order valence-corrected chi connectivity index (χ3v) is 1.97. The molecule has 0 bridgehead atoms. The van der Waals surface area contributed by atoms with E-state index >= 15 is 0 Å². The Labute approximate surface area is 90.5 Å². The minimum Gasteiger partial charge on any atom is -0.464 e. The van der Waals surface area contributed by atoms with Crippen molar-refractivity contribution < 1.29 is 14.3 Å². The zero-order chi connectivity index (χ0) is 12.2. The molecule has 0 aliphatic rings. The van der Waals surface area contributed by atoms with Gasteiger partial charge >= 0.3 is 5.97 Å². The molecule has 1 atom stereocenters. The molecule has 0 saturated heterocycles. The minimum absolute atomic E-state index is 0.275. The fourth-order valence-electron chi connectivity index (χ4n) is 1.29. The summed E-state index contributed by atoms with van der Waals surface area (Å²) < 4.78 is 4.89. The molecule has 5 heteroatoms. The predicted octanol–water partition coefficient (Wildman–Crippen LogP) is 0.686. The van der Waals surface area contributed by atoms with Gasteiger partial charge in [-0.2, -0.15) is 0 Å². The van der Waals surface area contributed by atoms with Crippen LogP contribution in [0.25, 0.3) is 0 Å². The number of ether oxygens (including phenoxy) is 1. The first-order chi connectivity index (χ1) is 6.71. The standard InChI is InChI=1S/C10H20N2O3/c1-6-15-9(14)8(10(3,4)5)12(11)7(2)13/h8H,6,11H2,1-5H3. The molecule has 0 aliphatic carbocycles. The van der Waals surface area contributed by atoms with E-state index in [2.05, 4.69) is 0 Å². The average Bonchev–Trinajstić information content (AvgIpc) is 2.01. The second-order valence-corrected chi connectivity index (χ2v) is 4.45. The van der Waals surface area contributed by atoms with E-state index in [1.807, 2.05) is 20.8 Å². The van der Waals surface area contributed by atoms with Crippen LogP contribution in [0.15, 0.2) is 0 Å². The van der Waals surface area contributed by atoms with E-state index in [-0.39, 0.29) is 12.5 Å². The molecular weight excluding hydrogens is 196 g/mol. The van der Waals surface area contributed by atoms with Gasteiger partial charge < -0.3 is 4.74 Å². The highest BCUT2D eigenvalue weighted by Crippen LogP contribution is 2.24. The van der Waals surface area contributed by atoms with Crippen molar-refractivity contribution in [2.75, 3.05) is 6.61 Å². The summed E-state index contributed by atoms with van der Waals surface area (Å²) >= 11 is 0. The van der Waals surface area contributed by atoms with Crippen LogP contribution in [-0.4, -0.2) is 29.5 Å². The molecule has 1 unspecified atom stereocenters. The van der Waals surface area contributed by atoms with E-state index in [9.17, 15) is 9.59 Å². The van der Waals surface area contributed by atoms with E-state index < -0.39 is 17.4 Å². The van der Waals surface area contributed by atoms with Crippen molar-refractivity contribution in [1.82, 2.24) is 5.01 Å². The van der Waals surface area contributed by atoms with Crippen LogP contribution in [0.3, 0.4) is 0 Å². The normalized spacial score (nSPS) is 13.2. The molecule has 0 fully saturated rings. The van der Waals surface area contributed by atoms with E-state index in [0.29, 0.717) is 0 Å². The maximum Gasteiger partial charge on any atom is 0.331 e. The van der Waals surface area contributed by atoms with E-state index in [4.69, 9.17) is 10.6 Å². The van der Waals surface area contributed by atoms with E-state index in [0.717, 1.165) is 5.01 Å². The van der Waals surface area contributed by atoms with Gasteiger partial charge in [0.05, 0.1) is 6.61 Å². The third kappa shape index (κ3) is 3.87. The molecule has 0 aromatic rings. The number of esters is 1. The molecule has 0 aliphatic heterocycles. The lowest BCUT2D eigenvalue weighted by Gasteiger charge is -2.34. The van der Waals surface area contributed by atoms with Gasteiger partial charge in [0.25, 0.3) is 0 Å². The van der Waals surface area contributed by atoms with Gasteiger partial charge in [-0.3, -0.25) is 9.80 Å². The Morgan fingerprint density at radius 3 is 2.13 bits per heavy atom. The lowest BCUT2D eigenvalue weighted by Crippen LogP contribution is -2.55. The number of nitrogens with zero attached hydrogens (tertiary/aromatic N) is 1. The first-order valence-electron chi connectivity index (χ1n) is 4.93. The molecule has 0 rings (SSSR count). The number of rotatable bonds is 3. The summed E-state index contributed by atoms with van der Waals surface area (Å²) in [5.74, 6) is 4.73. The zero-order valence-electron chi connectivity index (χ0n) is 10.0. The zero-order valence-corrected chi connectivity index (χ0v) is 10.0. The number of carbonyl (C=O) groups is 2. The fraction of sp³-hybridized carbons (Fsp3) is 0.800. The Bertz CT molecular complexity index is 246. The van der Waals surface area contributed by atoms with Crippen molar-refractivity contribution in [1.29, 1.82) is 0 Å². The number of carbonyl (C=O) groups excluding carboxylic acids is 2. The van der Waals surface area contributed by atoms with Gasteiger partial charge in [0, 0.05) is 6.92 Å². The maximum atomic E-state index is 11.6. The molecule has 0 saturated carbocycles. The molecule has 0 radical (unpaired) electrons. The number of hydrogen-bond acceptors (Lipinski definition) is 4. The molecule has 1 amide bonds. The Morgan fingerprint density at radius 2 is 1.87 bits per heavy atom. The molecule has 0 spiro atoms. The van der Waals surface area contributed by atoms with Crippen LogP contribution in [0, 0.1) is 5.41 Å². The van der Waals surface area contributed by atoms with Gasteiger partial charge in [-0.15, -0.1) is 0 Å². The highest BCUT2D eigenvalue weighted by Gasteiger charge is 2.37. The Balaban J connectivity index is 4.90. The Kier molecular flexibility index (Phi) is 4.74. The van der Waals surface area contributed by atoms with Crippen LogP contribution in [-0.2, 0) is 14.3 Å². The number of amides is 1. The second-order valence-electron chi connectivity index (χ2n) is 4.45.